The van der Waals surface area contributed by atoms with Gasteiger partial charge in [0.05, 0.1) is 6.26 Å². The van der Waals surface area contributed by atoms with Crippen molar-refractivity contribution in [1.29, 1.82) is 0 Å². The third-order valence-electron chi connectivity index (χ3n) is 3.29. The van der Waals surface area contributed by atoms with Crippen LogP contribution in [0.25, 0.3) is 0 Å². The number of nitrogens with one attached hydrogen (secondary N) is 1. The third-order valence-corrected chi connectivity index (χ3v) is 3.70. The Balaban J connectivity index is 1.76. The van der Waals surface area contributed by atoms with Crippen molar-refractivity contribution in [3.63, 3.8) is 0 Å². The fourth-order valence-electron chi connectivity index (χ4n) is 1.95. The van der Waals surface area contributed by atoms with E-state index in [-0.39, 0.29) is 0 Å². The van der Waals surface area contributed by atoms with E-state index < -0.39 is 0 Å². The van der Waals surface area contributed by atoms with Gasteiger partial charge in [0.2, 0.25) is 0 Å². The zero-order valence-electron chi connectivity index (χ0n) is 11.4. The summed E-state index contributed by atoms with van der Waals surface area (Å²) in [6.07, 6.45) is 3.75. The molecule has 0 bridgehead atoms. The molecule has 2 aromatic rings. The molecule has 102 valence electrons. The Morgan fingerprint density at radius 2 is 2.16 bits per heavy atom. The molecule has 1 atom stereocenters. The zero-order chi connectivity index (χ0) is 13.7. The molecular formula is C16H20ClNO. The minimum atomic E-state index is 0.449. The highest BCUT2D eigenvalue weighted by Gasteiger charge is 2.04. The first-order chi connectivity index (χ1) is 9.15. The number of furan rings is 1. The Bertz CT molecular complexity index is 507. The van der Waals surface area contributed by atoms with Crippen LogP contribution in [0.5, 0.6) is 0 Å². The lowest BCUT2D eigenvalue weighted by Gasteiger charge is -2.13. The third kappa shape index (κ3) is 4.41. The molecule has 2 rings (SSSR count). The van der Waals surface area contributed by atoms with E-state index in [1.54, 1.807) is 6.26 Å². The molecule has 2 nitrogen and oxygen atoms in total. The van der Waals surface area contributed by atoms with Gasteiger partial charge in [-0.1, -0.05) is 23.7 Å². The van der Waals surface area contributed by atoms with Crippen LogP contribution in [0.15, 0.2) is 41.0 Å². The van der Waals surface area contributed by atoms with Gasteiger partial charge in [0, 0.05) is 24.0 Å². The van der Waals surface area contributed by atoms with Crippen LogP contribution < -0.4 is 5.32 Å². The normalized spacial score (nSPS) is 12.6. The van der Waals surface area contributed by atoms with E-state index >= 15 is 0 Å². The van der Waals surface area contributed by atoms with Gasteiger partial charge in [0.25, 0.3) is 0 Å². The molecule has 0 aliphatic rings. The first-order valence-electron chi connectivity index (χ1n) is 6.66. The molecule has 0 radical (unpaired) electrons. The fraction of sp³-hybridized carbons (Fsp3) is 0.375. The van der Waals surface area contributed by atoms with Gasteiger partial charge in [-0.25, -0.2) is 0 Å². The number of benzene rings is 1. The summed E-state index contributed by atoms with van der Waals surface area (Å²) in [6, 6.07) is 10.6. The summed E-state index contributed by atoms with van der Waals surface area (Å²) in [4.78, 5) is 0. The second-order valence-corrected chi connectivity index (χ2v) is 5.39. The van der Waals surface area contributed by atoms with Gasteiger partial charge in [0.15, 0.2) is 0 Å². The van der Waals surface area contributed by atoms with E-state index in [4.69, 9.17) is 16.0 Å². The predicted molar refractivity (Wildman–Crippen MR) is 79.5 cm³/mol. The van der Waals surface area contributed by atoms with Crippen molar-refractivity contribution in [1.82, 2.24) is 5.32 Å². The first kappa shape index (κ1) is 14.2. The lowest BCUT2D eigenvalue weighted by Crippen LogP contribution is -2.25. The number of hydrogen-bond donors (Lipinski definition) is 1. The Labute approximate surface area is 119 Å². The molecule has 1 unspecified atom stereocenters. The standard InChI is InChI=1S/C16H20ClNO/c1-12-5-7-14(10-16(12)17)11-18-13(2)6-8-15-4-3-9-19-15/h3-5,7,9-10,13,18H,6,8,11H2,1-2H3. The smallest absolute Gasteiger partial charge is 0.103 e. The number of hydrogen-bond acceptors (Lipinski definition) is 2. The molecule has 0 saturated heterocycles. The van der Waals surface area contributed by atoms with Crippen LogP contribution in [0.3, 0.4) is 0 Å². The SMILES string of the molecule is Cc1ccc(CNC(C)CCc2ccco2)cc1Cl. The number of halogens is 1. The summed E-state index contributed by atoms with van der Waals surface area (Å²) >= 11 is 6.12. The molecule has 1 aromatic heterocycles. The highest BCUT2D eigenvalue weighted by molar-refractivity contribution is 6.31. The molecule has 19 heavy (non-hydrogen) atoms. The van der Waals surface area contributed by atoms with Gasteiger partial charge in [0.1, 0.15) is 5.76 Å². The summed E-state index contributed by atoms with van der Waals surface area (Å²) < 4.78 is 5.33. The Morgan fingerprint density at radius 1 is 1.32 bits per heavy atom. The van der Waals surface area contributed by atoms with Crippen LogP contribution in [-0.2, 0) is 13.0 Å². The van der Waals surface area contributed by atoms with E-state index in [2.05, 4.69) is 24.4 Å². The summed E-state index contributed by atoms with van der Waals surface area (Å²) in [5, 5.41) is 4.34. The maximum atomic E-state index is 6.12. The van der Waals surface area contributed by atoms with Crippen LogP contribution in [0.1, 0.15) is 30.2 Å². The second kappa shape index (κ2) is 6.78. The van der Waals surface area contributed by atoms with Crippen LogP contribution in [0, 0.1) is 6.92 Å². The van der Waals surface area contributed by atoms with Crippen molar-refractivity contribution in [3.05, 3.63) is 58.5 Å². The molecule has 0 aliphatic carbocycles. The van der Waals surface area contributed by atoms with Crippen molar-refractivity contribution in [2.45, 2.75) is 39.3 Å². The number of aryl methyl sites for hydroxylation is 2. The average Bonchev–Trinajstić information content (AvgIpc) is 2.91. The monoisotopic (exact) mass is 277 g/mol. The van der Waals surface area contributed by atoms with Crippen molar-refractivity contribution in [3.8, 4) is 0 Å². The maximum absolute atomic E-state index is 6.12. The van der Waals surface area contributed by atoms with Gasteiger partial charge in [-0.15, -0.1) is 0 Å². The van der Waals surface area contributed by atoms with Crippen molar-refractivity contribution in [2.75, 3.05) is 0 Å². The first-order valence-corrected chi connectivity index (χ1v) is 7.04. The van der Waals surface area contributed by atoms with Crippen LogP contribution in [-0.4, -0.2) is 6.04 Å². The lowest BCUT2D eigenvalue weighted by molar-refractivity contribution is 0.460. The molecule has 3 heteroatoms. The van der Waals surface area contributed by atoms with Crippen LogP contribution >= 0.6 is 11.6 Å². The summed E-state index contributed by atoms with van der Waals surface area (Å²) in [7, 11) is 0. The molecule has 1 N–H and O–H groups in total. The topological polar surface area (TPSA) is 25.2 Å². The van der Waals surface area contributed by atoms with Crippen molar-refractivity contribution in [2.24, 2.45) is 0 Å². The van der Waals surface area contributed by atoms with Gasteiger partial charge >= 0.3 is 0 Å². The maximum Gasteiger partial charge on any atom is 0.103 e. The molecule has 1 aromatic carbocycles. The van der Waals surface area contributed by atoms with E-state index in [0.717, 1.165) is 35.7 Å². The van der Waals surface area contributed by atoms with Crippen LogP contribution in [0.2, 0.25) is 5.02 Å². The van der Waals surface area contributed by atoms with E-state index in [9.17, 15) is 0 Å². The molecule has 0 amide bonds. The minimum absolute atomic E-state index is 0.449. The molecule has 1 heterocycles. The fourth-order valence-corrected chi connectivity index (χ4v) is 2.16. The molecule has 0 aliphatic heterocycles. The molecular weight excluding hydrogens is 258 g/mol. The summed E-state index contributed by atoms with van der Waals surface area (Å²) in [5.41, 5.74) is 2.34. The lowest BCUT2D eigenvalue weighted by atomic mass is 10.1. The van der Waals surface area contributed by atoms with Gasteiger partial charge < -0.3 is 9.73 Å². The summed E-state index contributed by atoms with van der Waals surface area (Å²) in [6.45, 7) is 5.06. The van der Waals surface area contributed by atoms with E-state index in [1.807, 2.05) is 25.1 Å². The van der Waals surface area contributed by atoms with Gasteiger partial charge in [-0.2, -0.15) is 0 Å². The average molecular weight is 278 g/mol. The van der Waals surface area contributed by atoms with Crippen LogP contribution in [0.4, 0.5) is 0 Å². The molecule has 0 saturated carbocycles. The Morgan fingerprint density at radius 3 is 2.84 bits per heavy atom. The summed E-state index contributed by atoms with van der Waals surface area (Å²) in [5.74, 6) is 1.05. The quantitative estimate of drug-likeness (QED) is 0.849. The van der Waals surface area contributed by atoms with E-state index in [1.165, 1.54) is 5.56 Å². The van der Waals surface area contributed by atoms with Crippen molar-refractivity contribution < 1.29 is 4.42 Å². The Hall–Kier alpha value is -1.25. The zero-order valence-corrected chi connectivity index (χ0v) is 12.2. The second-order valence-electron chi connectivity index (χ2n) is 4.98. The number of rotatable bonds is 6. The van der Waals surface area contributed by atoms with Gasteiger partial charge in [-0.3, -0.25) is 0 Å². The highest BCUT2D eigenvalue weighted by Crippen LogP contribution is 2.16. The predicted octanol–water partition coefficient (Wildman–Crippen LogP) is 4.35. The minimum Gasteiger partial charge on any atom is -0.469 e. The molecule has 0 fully saturated rings. The van der Waals surface area contributed by atoms with Gasteiger partial charge in [-0.05, 0) is 49.6 Å². The van der Waals surface area contributed by atoms with Crippen molar-refractivity contribution >= 4 is 11.6 Å². The van der Waals surface area contributed by atoms with E-state index in [0.29, 0.717) is 6.04 Å². The Kier molecular flexibility index (Phi) is 5.06. The largest absolute Gasteiger partial charge is 0.469 e. The highest BCUT2D eigenvalue weighted by atomic mass is 35.5. The molecule has 0 spiro atoms.